The number of benzene rings is 3. The Morgan fingerprint density at radius 3 is 1.91 bits per heavy atom. The van der Waals surface area contributed by atoms with E-state index in [-0.39, 0.29) is 16.5 Å². The van der Waals surface area contributed by atoms with Gasteiger partial charge >= 0.3 is 10.6 Å². The standard InChI is InChI=1S/C17H15N3O6S2.O3S/c1-10-7-12(18)5-6-14(10)19-20-15-9-13-11(8-17(15)28(24,25)26)3-2-4-16(13)27(21,22)23;1-4(2)3/h2-9H,18H2,1H3,(H,21,22,23)(H,24,25,26);. The normalized spacial score (nSPS) is 11.8. The molecule has 0 aliphatic carbocycles. The SMILES string of the molecule is Cc1cc(N)ccc1N=Nc1cc2c(S(=O)(=O)O)cccc2cc1S(=O)(=O)O.O=S(=O)=O. The minimum absolute atomic E-state index is 0.0281. The van der Waals surface area contributed by atoms with E-state index in [1.54, 1.807) is 25.1 Å². The molecule has 0 heterocycles. The van der Waals surface area contributed by atoms with E-state index < -0.39 is 40.6 Å². The van der Waals surface area contributed by atoms with Crippen LogP contribution in [0.15, 0.2) is 68.6 Å². The molecule has 0 radical (unpaired) electrons. The van der Waals surface area contributed by atoms with E-state index in [1.165, 1.54) is 12.1 Å². The third kappa shape index (κ3) is 6.38. The highest BCUT2D eigenvalue weighted by Gasteiger charge is 2.21. The number of rotatable bonds is 4. The Kier molecular flexibility index (Phi) is 7.42. The molecule has 4 N–H and O–H groups in total. The summed E-state index contributed by atoms with van der Waals surface area (Å²) in [5.74, 6) is 0. The first-order chi connectivity index (χ1) is 14.7. The Balaban J connectivity index is 0.000000837. The highest BCUT2D eigenvalue weighted by Crippen LogP contribution is 2.34. The smallest absolute Gasteiger partial charge is 0.399 e. The van der Waals surface area contributed by atoms with Crippen molar-refractivity contribution in [1.82, 2.24) is 0 Å². The summed E-state index contributed by atoms with van der Waals surface area (Å²) in [4.78, 5) is -0.976. The van der Waals surface area contributed by atoms with Crippen LogP contribution in [0.3, 0.4) is 0 Å². The van der Waals surface area contributed by atoms with Gasteiger partial charge in [0.1, 0.15) is 15.5 Å². The van der Waals surface area contributed by atoms with Gasteiger partial charge in [0.25, 0.3) is 20.2 Å². The first-order valence-electron chi connectivity index (χ1n) is 8.26. The van der Waals surface area contributed by atoms with Crippen LogP contribution < -0.4 is 5.73 Å². The quantitative estimate of drug-likeness (QED) is 0.270. The molecule has 0 fully saturated rings. The van der Waals surface area contributed by atoms with E-state index in [0.717, 1.165) is 18.2 Å². The molecule has 0 aliphatic rings. The van der Waals surface area contributed by atoms with E-state index in [0.29, 0.717) is 16.9 Å². The number of hydrogen-bond donors (Lipinski definition) is 3. The maximum atomic E-state index is 11.8. The zero-order valence-electron chi connectivity index (χ0n) is 16.1. The molecule has 12 nitrogen and oxygen atoms in total. The molecular formula is C17H15N3O9S3. The second kappa shape index (κ2) is 9.49. The van der Waals surface area contributed by atoms with Crippen molar-refractivity contribution in [2.24, 2.45) is 10.2 Å². The molecule has 0 saturated carbocycles. The van der Waals surface area contributed by atoms with Crippen LogP contribution >= 0.6 is 0 Å². The number of azo groups is 1. The van der Waals surface area contributed by atoms with Gasteiger partial charge in [-0.3, -0.25) is 9.11 Å². The Labute approximate surface area is 184 Å². The molecule has 3 rings (SSSR count). The zero-order valence-corrected chi connectivity index (χ0v) is 18.5. The van der Waals surface area contributed by atoms with Crippen molar-refractivity contribution in [2.45, 2.75) is 16.7 Å². The lowest BCUT2D eigenvalue weighted by Crippen LogP contribution is -2.01. The Hall–Kier alpha value is -3.24. The fourth-order valence-corrected chi connectivity index (χ4v) is 4.02. The van der Waals surface area contributed by atoms with Crippen LogP contribution in [0.1, 0.15) is 5.56 Å². The number of nitrogen functional groups attached to an aromatic ring is 1. The minimum Gasteiger partial charge on any atom is -0.399 e. The number of nitrogens with two attached hydrogens (primary N) is 1. The monoisotopic (exact) mass is 501 g/mol. The van der Waals surface area contributed by atoms with Crippen molar-refractivity contribution >= 4 is 58.7 Å². The molecule has 0 unspecified atom stereocenters. The Bertz CT molecular complexity index is 1540. The van der Waals surface area contributed by atoms with Crippen LogP contribution in [0.5, 0.6) is 0 Å². The molecule has 170 valence electrons. The van der Waals surface area contributed by atoms with E-state index in [9.17, 15) is 25.9 Å². The van der Waals surface area contributed by atoms with Crippen LogP contribution in [0.25, 0.3) is 10.8 Å². The molecule has 0 bridgehead atoms. The topological polar surface area (TPSA) is 211 Å². The summed E-state index contributed by atoms with van der Waals surface area (Å²) < 4.78 is 91.1. The van der Waals surface area contributed by atoms with Gasteiger partial charge in [0.2, 0.25) is 0 Å². The largest absolute Gasteiger partial charge is 0.425 e. The van der Waals surface area contributed by atoms with Gasteiger partial charge in [0, 0.05) is 11.1 Å². The second-order valence-electron chi connectivity index (χ2n) is 6.20. The maximum absolute atomic E-state index is 11.8. The number of nitrogens with zero attached hydrogens (tertiary/aromatic N) is 2. The van der Waals surface area contributed by atoms with Gasteiger partial charge in [-0.2, -0.15) is 21.9 Å². The summed E-state index contributed by atoms with van der Waals surface area (Å²) in [6.45, 7) is 1.73. The zero-order chi connectivity index (χ0) is 24.3. The highest BCUT2D eigenvalue weighted by atomic mass is 32.2. The number of fused-ring (bicyclic) bond motifs is 1. The van der Waals surface area contributed by atoms with E-state index in [1.807, 2.05) is 0 Å². The average Bonchev–Trinajstić information content (AvgIpc) is 2.64. The molecule has 0 spiro atoms. The molecule has 0 aromatic heterocycles. The fraction of sp³-hybridized carbons (Fsp3) is 0.0588. The van der Waals surface area contributed by atoms with Crippen molar-refractivity contribution in [3.05, 3.63) is 54.1 Å². The molecule has 0 aliphatic heterocycles. The van der Waals surface area contributed by atoms with Crippen molar-refractivity contribution in [3.63, 3.8) is 0 Å². The first kappa shape index (κ1) is 25.0. The van der Waals surface area contributed by atoms with Crippen molar-refractivity contribution < 1.29 is 38.6 Å². The predicted octanol–water partition coefficient (Wildman–Crippen LogP) is 2.64. The van der Waals surface area contributed by atoms with Crippen molar-refractivity contribution in [3.8, 4) is 0 Å². The molecule has 0 saturated heterocycles. The lowest BCUT2D eigenvalue weighted by atomic mass is 10.1. The van der Waals surface area contributed by atoms with Gasteiger partial charge in [-0.05, 0) is 54.3 Å². The van der Waals surface area contributed by atoms with E-state index >= 15 is 0 Å². The minimum atomic E-state index is -4.68. The maximum Gasteiger partial charge on any atom is 0.425 e. The van der Waals surface area contributed by atoms with Crippen LogP contribution in [-0.4, -0.2) is 38.6 Å². The molecule has 15 heteroatoms. The van der Waals surface area contributed by atoms with E-state index in [2.05, 4.69) is 10.2 Å². The molecule has 0 amide bonds. The van der Waals surface area contributed by atoms with Gasteiger partial charge in [0.05, 0.1) is 5.69 Å². The summed E-state index contributed by atoms with van der Waals surface area (Å²) in [7, 11) is -12.4. The molecule has 3 aromatic rings. The summed E-state index contributed by atoms with van der Waals surface area (Å²) in [5.41, 5.74) is 6.97. The van der Waals surface area contributed by atoms with Crippen molar-refractivity contribution in [2.75, 3.05) is 5.73 Å². The van der Waals surface area contributed by atoms with Crippen molar-refractivity contribution in [1.29, 1.82) is 0 Å². The number of anilines is 1. The molecule has 32 heavy (non-hydrogen) atoms. The molecular weight excluding hydrogens is 486 g/mol. The highest BCUT2D eigenvalue weighted by molar-refractivity contribution is 7.86. The number of aryl methyl sites for hydroxylation is 1. The van der Waals surface area contributed by atoms with E-state index in [4.69, 9.17) is 18.4 Å². The summed E-state index contributed by atoms with van der Waals surface area (Å²) in [6, 6.07) is 10.9. The Morgan fingerprint density at radius 1 is 0.812 bits per heavy atom. The van der Waals surface area contributed by atoms with Gasteiger partial charge in [-0.15, -0.1) is 17.7 Å². The van der Waals surface area contributed by atoms with Crippen LogP contribution in [-0.2, 0) is 30.8 Å². The summed E-state index contributed by atoms with van der Waals surface area (Å²) >= 11 is 0. The first-order valence-corrected chi connectivity index (χ1v) is 12.1. The lowest BCUT2D eigenvalue weighted by Gasteiger charge is -2.08. The van der Waals surface area contributed by atoms with Gasteiger partial charge < -0.3 is 5.73 Å². The molecule has 0 atom stereocenters. The fourth-order valence-electron chi connectivity index (χ4n) is 2.67. The van der Waals surface area contributed by atoms with Gasteiger partial charge in [-0.25, -0.2) is 0 Å². The van der Waals surface area contributed by atoms with Gasteiger partial charge in [0.15, 0.2) is 0 Å². The second-order valence-corrected chi connectivity index (χ2v) is 9.39. The Morgan fingerprint density at radius 2 is 1.38 bits per heavy atom. The van der Waals surface area contributed by atoms with Crippen LogP contribution in [0.4, 0.5) is 17.1 Å². The summed E-state index contributed by atoms with van der Waals surface area (Å²) in [5, 5.41) is 8.05. The van der Waals surface area contributed by atoms with Crippen LogP contribution in [0, 0.1) is 6.92 Å². The molecule has 3 aromatic carbocycles. The predicted molar refractivity (Wildman–Crippen MR) is 113 cm³/mol. The third-order valence-electron chi connectivity index (χ3n) is 3.96. The summed E-state index contributed by atoms with van der Waals surface area (Å²) in [6.07, 6.45) is 0. The average molecular weight is 502 g/mol. The van der Waals surface area contributed by atoms with Gasteiger partial charge in [-0.1, -0.05) is 12.1 Å². The number of hydrogen-bond acceptors (Lipinski definition) is 10. The third-order valence-corrected chi connectivity index (χ3v) is 5.76. The van der Waals surface area contributed by atoms with Crippen LogP contribution in [0.2, 0.25) is 0 Å². The lowest BCUT2D eigenvalue weighted by molar-refractivity contribution is 0.482.